The molecule has 0 aromatic heterocycles. The van der Waals surface area contributed by atoms with E-state index in [1.54, 1.807) is 24.3 Å². The summed E-state index contributed by atoms with van der Waals surface area (Å²) in [6.45, 7) is 10.0. The van der Waals surface area contributed by atoms with E-state index < -0.39 is 6.10 Å². The average molecular weight is 402 g/mol. The van der Waals surface area contributed by atoms with Gasteiger partial charge in [0.05, 0.1) is 30.4 Å². The van der Waals surface area contributed by atoms with Gasteiger partial charge in [-0.3, -0.25) is 14.6 Å². The van der Waals surface area contributed by atoms with Crippen LogP contribution in [0.1, 0.15) is 26.3 Å². The maximum atomic E-state index is 12.3. The number of fused-ring (bicyclic) bond motifs is 2. The number of rotatable bonds is 7. The summed E-state index contributed by atoms with van der Waals surface area (Å²) >= 11 is 0. The van der Waals surface area contributed by atoms with Gasteiger partial charge in [0.2, 0.25) is 0 Å². The van der Waals surface area contributed by atoms with Crippen molar-refractivity contribution in [2.45, 2.75) is 39.1 Å². The third-order valence-electron chi connectivity index (χ3n) is 5.33. The third kappa shape index (κ3) is 6.25. The lowest BCUT2D eigenvalue weighted by molar-refractivity contribution is -0.150. The van der Waals surface area contributed by atoms with Crippen molar-refractivity contribution in [2.75, 3.05) is 45.9 Å². The van der Waals surface area contributed by atoms with Crippen LogP contribution in [0.15, 0.2) is 24.3 Å². The predicted molar refractivity (Wildman–Crippen MR) is 109 cm³/mol. The number of ketones is 1. The number of β-amino-alcohol motifs (C(OH)–C–C–N with tert-alkyl or cyclic N) is 1. The summed E-state index contributed by atoms with van der Waals surface area (Å²) in [5.41, 5.74) is 0.259. The smallest absolute Gasteiger partial charge is 0.152 e. The van der Waals surface area contributed by atoms with Gasteiger partial charge in [-0.1, -0.05) is 20.8 Å². The van der Waals surface area contributed by atoms with Gasteiger partial charge >= 0.3 is 0 Å². The Morgan fingerprint density at radius 2 is 1.79 bits per heavy atom. The van der Waals surface area contributed by atoms with Gasteiger partial charge in [0.1, 0.15) is 18.5 Å². The van der Waals surface area contributed by atoms with Crippen LogP contribution in [-0.4, -0.2) is 84.9 Å². The number of aliphatic hydroxyl groups is 1. The fourth-order valence-corrected chi connectivity index (χ4v) is 3.75. The molecule has 7 heteroatoms. The van der Waals surface area contributed by atoms with Crippen LogP contribution in [0.4, 0.5) is 0 Å². The molecule has 158 valence electrons. The van der Waals surface area contributed by atoms with E-state index in [2.05, 4.69) is 15.9 Å². The van der Waals surface area contributed by atoms with Crippen molar-refractivity contribution in [3.63, 3.8) is 0 Å². The molecule has 0 aliphatic carbocycles. The summed E-state index contributed by atoms with van der Waals surface area (Å²) in [4.78, 5) is 16.8. The molecule has 0 saturated carbocycles. The SMILES string of the molecule is CC(C)(C)C(=O)CN1CC2CN(C[C@H](O)COc3ccc(C#N)cc3)CC(C1)O2. The van der Waals surface area contributed by atoms with Crippen LogP contribution >= 0.6 is 0 Å². The molecule has 3 rings (SSSR count). The first-order valence-corrected chi connectivity index (χ1v) is 10.2. The van der Waals surface area contributed by atoms with E-state index in [9.17, 15) is 9.90 Å². The Morgan fingerprint density at radius 3 is 2.34 bits per heavy atom. The molecule has 1 N–H and O–H groups in total. The van der Waals surface area contributed by atoms with E-state index in [1.807, 2.05) is 20.8 Å². The molecule has 7 nitrogen and oxygen atoms in total. The van der Waals surface area contributed by atoms with E-state index in [0.717, 1.165) is 26.2 Å². The van der Waals surface area contributed by atoms with Gasteiger partial charge < -0.3 is 14.6 Å². The predicted octanol–water partition coefficient (Wildman–Crippen LogP) is 1.30. The fourth-order valence-electron chi connectivity index (χ4n) is 3.75. The number of hydrogen-bond donors (Lipinski definition) is 1. The highest BCUT2D eigenvalue weighted by Gasteiger charge is 2.36. The van der Waals surface area contributed by atoms with Gasteiger partial charge in [-0.2, -0.15) is 5.26 Å². The molecule has 1 aromatic carbocycles. The zero-order valence-corrected chi connectivity index (χ0v) is 17.5. The lowest BCUT2D eigenvalue weighted by Gasteiger charge is -2.46. The van der Waals surface area contributed by atoms with Crippen molar-refractivity contribution < 1.29 is 19.4 Å². The number of Topliss-reactive ketones (excluding diaryl/α,β-unsaturated/α-hetero) is 1. The molecule has 2 heterocycles. The summed E-state index contributed by atoms with van der Waals surface area (Å²) < 4.78 is 11.7. The van der Waals surface area contributed by atoms with Gasteiger partial charge in [-0.15, -0.1) is 0 Å². The summed E-state index contributed by atoms with van der Waals surface area (Å²) in [5.74, 6) is 0.894. The highest BCUT2D eigenvalue weighted by Crippen LogP contribution is 2.22. The molecular weight excluding hydrogens is 370 g/mol. The van der Waals surface area contributed by atoms with E-state index in [4.69, 9.17) is 14.7 Å². The number of ether oxygens (including phenoxy) is 2. The number of nitrogens with zero attached hydrogens (tertiary/aromatic N) is 3. The summed E-state index contributed by atoms with van der Waals surface area (Å²) in [6, 6.07) is 8.93. The Labute approximate surface area is 172 Å². The number of benzene rings is 1. The molecule has 2 fully saturated rings. The van der Waals surface area contributed by atoms with Crippen molar-refractivity contribution in [1.82, 2.24) is 9.80 Å². The molecule has 2 aliphatic heterocycles. The molecule has 1 aromatic rings. The van der Waals surface area contributed by atoms with Crippen molar-refractivity contribution in [2.24, 2.45) is 5.41 Å². The Morgan fingerprint density at radius 1 is 1.21 bits per heavy atom. The molecule has 3 atom stereocenters. The molecule has 0 amide bonds. The largest absolute Gasteiger partial charge is 0.491 e. The van der Waals surface area contributed by atoms with E-state index in [-0.39, 0.29) is 30.0 Å². The Kier molecular flexibility index (Phi) is 6.91. The number of carbonyl (C=O) groups excluding carboxylic acids is 1. The molecule has 0 radical (unpaired) electrons. The topological polar surface area (TPSA) is 86.0 Å². The zero-order chi connectivity index (χ0) is 21.0. The van der Waals surface area contributed by atoms with Crippen molar-refractivity contribution in [3.05, 3.63) is 29.8 Å². The maximum absolute atomic E-state index is 12.3. The number of aliphatic hydroxyl groups excluding tert-OH is 1. The number of nitriles is 1. The molecule has 0 spiro atoms. The first kappa shape index (κ1) is 21.7. The lowest BCUT2D eigenvalue weighted by Crippen LogP contribution is -2.61. The first-order valence-electron chi connectivity index (χ1n) is 10.2. The highest BCUT2D eigenvalue weighted by molar-refractivity contribution is 5.85. The molecule has 2 aliphatic rings. The highest BCUT2D eigenvalue weighted by atomic mass is 16.5. The van der Waals surface area contributed by atoms with Crippen molar-refractivity contribution in [1.29, 1.82) is 5.26 Å². The molecule has 29 heavy (non-hydrogen) atoms. The van der Waals surface area contributed by atoms with Gasteiger partial charge in [-0.05, 0) is 24.3 Å². The van der Waals surface area contributed by atoms with Crippen LogP contribution < -0.4 is 4.74 Å². The van der Waals surface area contributed by atoms with Crippen LogP contribution in [-0.2, 0) is 9.53 Å². The van der Waals surface area contributed by atoms with Crippen molar-refractivity contribution in [3.8, 4) is 11.8 Å². The number of carbonyl (C=O) groups is 1. The Bertz CT molecular complexity index is 724. The van der Waals surface area contributed by atoms with Crippen molar-refractivity contribution >= 4 is 5.78 Å². The van der Waals surface area contributed by atoms with Crippen LogP contribution in [0.2, 0.25) is 0 Å². The summed E-state index contributed by atoms with van der Waals surface area (Å²) in [5, 5.41) is 19.2. The Hall–Kier alpha value is -1.98. The van der Waals surface area contributed by atoms with Crippen LogP contribution in [0.3, 0.4) is 0 Å². The maximum Gasteiger partial charge on any atom is 0.152 e. The van der Waals surface area contributed by atoms with Gasteiger partial charge in [0.25, 0.3) is 0 Å². The van der Waals surface area contributed by atoms with E-state index in [1.165, 1.54) is 0 Å². The summed E-state index contributed by atoms with van der Waals surface area (Å²) in [7, 11) is 0. The van der Waals surface area contributed by atoms with E-state index >= 15 is 0 Å². The summed E-state index contributed by atoms with van der Waals surface area (Å²) in [6.07, 6.45) is -0.494. The average Bonchev–Trinajstić information content (AvgIpc) is 2.65. The fraction of sp³-hybridized carbons (Fsp3) is 0.636. The third-order valence-corrected chi connectivity index (χ3v) is 5.33. The second-order valence-corrected chi connectivity index (χ2v) is 9.07. The zero-order valence-electron chi connectivity index (χ0n) is 17.5. The minimum absolute atomic E-state index is 0.0573. The standard InChI is InChI=1S/C22H31N3O4/c1-22(2,3)21(27)14-25-12-19-10-24(11-20(13-25)29-19)9-17(26)15-28-18-6-4-16(8-23)5-7-18/h4-7,17,19-20,26H,9-15H2,1-3H3/t17-,19?,20?/m0/s1. The normalized spacial score (nSPS) is 24.0. The minimum atomic E-state index is -0.608. The molecule has 2 saturated heterocycles. The molecular formula is C22H31N3O4. The lowest BCUT2D eigenvalue weighted by atomic mass is 9.90. The second-order valence-electron chi connectivity index (χ2n) is 9.07. The number of hydrogen-bond acceptors (Lipinski definition) is 7. The molecule has 2 bridgehead atoms. The van der Waals surface area contributed by atoms with Gasteiger partial charge in [0, 0.05) is 38.1 Å². The monoisotopic (exact) mass is 401 g/mol. The molecule has 2 unspecified atom stereocenters. The Balaban J connectivity index is 1.43. The van der Waals surface area contributed by atoms with Crippen LogP contribution in [0.25, 0.3) is 0 Å². The minimum Gasteiger partial charge on any atom is -0.491 e. The van der Waals surface area contributed by atoms with E-state index in [0.29, 0.717) is 24.4 Å². The van der Waals surface area contributed by atoms with Crippen LogP contribution in [0.5, 0.6) is 5.75 Å². The van der Waals surface area contributed by atoms with Gasteiger partial charge in [0.15, 0.2) is 5.78 Å². The second kappa shape index (κ2) is 9.23. The number of morpholine rings is 2. The first-order chi connectivity index (χ1) is 13.7. The van der Waals surface area contributed by atoms with Gasteiger partial charge in [-0.25, -0.2) is 0 Å². The van der Waals surface area contributed by atoms with Crippen LogP contribution in [0, 0.1) is 16.7 Å². The quantitative estimate of drug-likeness (QED) is 0.737.